The highest BCUT2D eigenvalue weighted by atomic mass is 32.2. The molecule has 0 aromatic heterocycles. The lowest BCUT2D eigenvalue weighted by atomic mass is 10.2. The first-order valence-corrected chi connectivity index (χ1v) is 7.57. The first kappa shape index (κ1) is 15.9. The molecule has 0 heterocycles. The van der Waals surface area contributed by atoms with Crippen molar-refractivity contribution in [2.75, 3.05) is 19.0 Å². The third-order valence-electron chi connectivity index (χ3n) is 2.41. The lowest BCUT2D eigenvalue weighted by molar-refractivity contribution is -0.136. The van der Waals surface area contributed by atoms with Gasteiger partial charge in [0, 0.05) is 11.5 Å². The molecule has 1 unspecified atom stereocenters. The first-order valence-electron chi connectivity index (χ1n) is 6.26. The maximum absolute atomic E-state index is 11.9. The standard InChI is InChI=1S/C14H20O4S/c1-11(2)10-18-7-8-19(17)13-5-3-12(4-6-13)9-14(15)16/h3-6,11H,7-10H2,1-2H3,(H,15,16). The Kier molecular flexibility index (Phi) is 6.73. The van der Waals surface area contributed by atoms with Gasteiger partial charge in [0.05, 0.1) is 29.6 Å². The van der Waals surface area contributed by atoms with Crippen LogP contribution in [-0.2, 0) is 26.8 Å². The predicted molar refractivity (Wildman–Crippen MR) is 74.7 cm³/mol. The van der Waals surface area contributed by atoms with Crippen molar-refractivity contribution in [2.45, 2.75) is 25.2 Å². The van der Waals surface area contributed by atoms with Gasteiger partial charge in [-0.3, -0.25) is 9.00 Å². The second-order valence-corrected chi connectivity index (χ2v) is 6.30. The topological polar surface area (TPSA) is 63.6 Å². The summed E-state index contributed by atoms with van der Waals surface area (Å²) in [6.45, 7) is 5.28. The molecular formula is C14H20O4S. The normalized spacial score (nSPS) is 12.6. The zero-order valence-electron chi connectivity index (χ0n) is 11.3. The summed E-state index contributed by atoms with van der Waals surface area (Å²) in [6.07, 6.45) is -0.00951. The van der Waals surface area contributed by atoms with Crippen molar-refractivity contribution < 1.29 is 18.8 Å². The number of carboxylic acid groups (broad SMARTS) is 1. The quantitative estimate of drug-likeness (QED) is 0.742. The minimum Gasteiger partial charge on any atom is -0.481 e. The molecule has 1 N–H and O–H groups in total. The fourth-order valence-electron chi connectivity index (χ4n) is 1.51. The molecule has 5 heteroatoms. The number of carboxylic acids is 1. The minimum absolute atomic E-state index is 0.00951. The van der Waals surface area contributed by atoms with E-state index in [1.165, 1.54) is 0 Å². The third kappa shape index (κ3) is 6.50. The number of ether oxygens (including phenoxy) is 1. The Balaban J connectivity index is 2.42. The van der Waals surface area contributed by atoms with Gasteiger partial charge in [0.1, 0.15) is 0 Å². The van der Waals surface area contributed by atoms with E-state index in [0.717, 1.165) is 0 Å². The SMILES string of the molecule is CC(C)COCCS(=O)c1ccc(CC(=O)O)cc1. The minimum atomic E-state index is -1.09. The number of hydrogen-bond acceptors (Lipinski definition) is 3. The van der Waals surface area contributed by atoms with Crippen LogP contribution >= 0.6 is 0 Å². The summed E-state index contributed by atoms with van der Waals surface area (Å²) in [5.41, 5.74) is 0.712. The number of benzene rings is 1. The molecule has 1 rings (SSSR count). The van der Waals surface area contributed by atoms with E-state index < -0.39 is 16.8 Å². The van der Waals surface area contributed by atoms with Crippen molar-refractivity contribution in [3.63, 3.8) is 0 Å². The lowest BCUT2D eigenvalue weighted by Gasteiger charge is -2.07. The average Bonchev–Trinajstić information content (AvgIpc) is 2.34. The van der Waals surface area contributed by atoms with Gasteiger partial charge in [-0.25, -0.2) is 0 Å². The Hall–Kier alpha value is -1.20. The van der Waals surface area contributed by atoms with Gasteiger partial charge in [-0.05, 0) is 23.6 Å². The van der Waals surface area contributed by atoms with Crippen LogP contribution in [0.15, 0.2) is 29.2 Å². The Bertz CT molecular complexity index is 426. The van der Waals surface area contributed by atoms with Crippen LogP contribution in [0.1, 0.15) is 19.4 Å². The molecule has 0 aliphatic heterocycles. The van der Waals surface area contributed by atoms with Crippen molar-refractivity contribution in [1.29, 1.82) is 0 Å². The van der Waals surface area contributed by atoms with Crippen LogP contribution in [0.25, 0.3) is 0 Å². The van der Waals surface area contributed by atoms with Crippen LogP contribution in [0.2, 0.25) is 0 Å². The molecule has 0 amide bonds. The van der Waals surface area contributed by atoms with Crippen molar-refractivity contribution in [1.82, 2.24) is 0 Å². The van der Waals surface area contributed by atoms with Crippen LogP contribution in [0.4, 0.5) is 0 Å². The fraction of sp³-hybridized carbons (Fsp3) is 0.500. The molecule has 19 heavy (non-hydrogen) atoms. The van der Waals surface area contributed by atoms with Gasteiger partial charge in [-0.15, -0.1) is 0 Å². The summed E-state index contributed by atoms with van der Waals surface area (Å²) in [4.78, 5) is 11.3. The van der Waals surface area contributed by atoms with Gasteiger partial charge in [-0.2, -0.15) is 0 Å². The maximum Gasteiger partial charge on any atom is 0.307 e. The Labute approximate surface area is 116 Å². The zero-order valence-corrected chi connectivity index (χ0v) is 12.1. The number of hydrogen-bond donors (Lipinski definition) is 1. The zero-order chi connectivity index (χ0) is 14.3. The first-order chi connectivity index (χ1) is 8.99. The Morgan fingerprint density at radius 1 is 1.32 bits per heavy atom. The largest absolute Gasteiger partial charge is 0.481 e. The summed E-state index contributed by atoms with van der Waals surface area (Å²) >= 11 is 0. The average molecular weight is 284 g/mol. The number of aliphatic carboxylic acids is 1. The molecule has 0 fully saturated rings. The molecule has 4 nitrogen and oxygen atoms in total. The highest BCUT2D eigenvalue weighted by Crippen LogP contribution is 2.10. The van der Waals surface area contributed by atoms with Crippen LogP contribution < -0.4 is 0 Å². The molecular weight excluding hydrogens is 264 g/mol. The summed E-state index contributed by atoms with van der Waals surface area (Å²) in [7, 11) is -1.09. The van der Waals surface area contributed by atoms with Crippen LogP contribution in [0.3, 0.4) is 0 Å². The highest BCUT2D eigenvalue weighted by molar-refractivity contribution is 7.85. The molecule has 0 bridgehead atoms. The van der Waals surface area contributed by atoms with Crippen LogP contribution in [-0.4, -0.2) is 34.3 Å². The Morgan fingerprint density at radius 2 is 1.95 bits per heavy atom. The van der Waals surface area contributed by atoms with Crippen molar-refractivity contribution in [2.24, 2.45) is 5.92 Å². The van der Waals surface area contributed by atoms with Crippen molar-refractivity contribution in [3.05, 3.63) is 29.8 Å². The molecule has 0 spiro atoms. The van der Waals surface area contributed by atoms with Gasteiger partial charge in [0.2, 0.25) is 0 Å². The van der Waals surface area contributed by atoms with Crippen molar-refractivity contribution in [3.8, 4) is 0 Å². The molecule has 1 aromatic carbocycles. The monoisotopic (exact) mass is 284 g/mol. The molecule has 0 aliphatic carbocycles. The summed E-state index contributed by atoms with van der Waals surface area (Å²) in [5.74, 6) is 0.0741. The van der Waals surface area contributed by atoms with Gasteiger partial charge in [0.15, 0.2) is 0 Å². The van der Waals surface area contributed by atoms with Crippen LogP contribution in [0, 0.1) is 5.92 Å². The molecule has 1 aromatic rings. The van der Waals surface area contributed by atoms with Gasteiger partial charge < -0.3 is 9.84 Å². The molecule has 106 valence electrons. The van der Waals surface area contributed by atoms with Crippen LogP contribution in [0.5, 0.6) is 0 Å². The van der Waals surface area contributed by atoms with E-state index in [2.05, 4.69) is 13.8 Å². The summed E-state index contributed by atoms with van der Waals surface area (Å²) in [6, 6.07) is 6.85. The van der Waals surface area contributed by atoms with Gasteiger partial charge >= 0.3 is 5.97 Å². The number of carbonyl (C=O) groups is 1. The Morgan fingerprint density at radius 3 is 2.47 bits per heavy atom. The molecule has 0 radical (unpaired) electrons. The fourth-order valence-corrected chi connectivity index (χ4v) is 2.45. The lowest BCUT2D eigenvalue weighted by Crippen LogP contribution is -2.10. The third-order valence-corrected chi connectivity index (χ3v) is 3.74. The van der Waals surface area contributed by atoms with E-state index in [-0.39, 0.29) is 6.42 Å². The number of rotatable bonds is 8. The summed E-state index contributed by atoms with van der Waals surface area (Å²) in [5, 5.41) is 8.66. The maximum atomic E-state index is 11.9. The highest BCUT2D eigenvalue weighted by Gasteiger charge is 2.06. The van der Waals surface area contributed by atoms with E-state index >= 15 is 0 Å². The molecule has 0 saturated heterocycles. The van der Waals surface area contributed by atoms with Gasteiger partial charge in [0.25, 0.3) is 0 Å². The molecule has 0 saturated carbocycles. The van der Waals surface area contributed by atoms with E-state index in [0.29, 0.717) is 35.3 Å². The predicted octanol–water partition coefficient (Wildman–Crippen LogP) is 2.09. The second kappa shape index (κ2) is 8.07. The smallest absolute Gasteiger partial charge is 0.307 e. The summed E-state index contributed by atoms with van der Waals surface area (Å²) < 4.78 is 17.3. The van der Waals surface area contributed by atoms with E-state index in [9.17, 15) is 9.00 Å². The van der Waals surface area contributed by atoms with Gasteiger partial charge in [-0.1, -0.05) is 26.0 Å². The van der Waals surface area contributed by atoms with E-state index in [4.69, 9.17) is 9.84 Å². The molecule has 0 aliphatic rings. The second-order valence-electron chi connectivity index (χ2n) is 4.73. The van der Waals surface area contributed by atoms with Crippen molar-refractivity contribution >= 4 is 16.8 Å². The van der Waals surface area contributed by atoms with E-state index in [1.54, 1.807) is 24.3 Å². The van der Waals surface area contributed by atoms with E-state index in [1.807, 2.05) is 0 Å². The molecule has 1 atom stereocenters.